The summed E-state index contributed by atoms with van der Waals surface area (Å²) in [6.45, 7) is 1.83. The molecule has 29 heavy (non-hydrogen) atoms. The normalized spacial score (nSPS) is 12.5. The molecule has 0 aliphatic carbocycles. The third kappa shape index (κ3) is 4.60. The number of ether oxygens (including phenoxy) is 1. The summed E-state index contributed by atoms with van der Waals surface area (Å²) in [5.74, 6) is -1.26. The molecule has 152 valence electrons. The number of amides is 1. The topological polar surface area (TPSA) is 120 Å². The van der Waals surface area contributed by atoms with E-state index in [2.05, 4.69) is 15.3 Å². The van der Waals surface area contributed by atoms with Crippen molar-refractivity contribution in [3.63, 3.8) is 0 Å². The predicted octanol–water partition coefficient (Wildman–Crippen LogP) is 1.04. The molecule has 1 amide bonds. The number of hydrogen-bond acceptors (Lipinski definition) is 7. The quantitative estimate of drug-likeness (QED) is 0.571. The van der Waals surface area contributed by atoms with Crippen LogP contribution < -0.4 is 5.32 Å². The van der Waals surface area contributed by atoms with Crippen molar-refractivity contribution in [2.75, 3.05) is 12.9 Å². The lowest BCUT2D eigenvalue weighted by Gasteiger charge is -2.17. The van der Waals surface area contributed by atoms with Crippen molar-refractivity contribution < 1.29 is 22.7 Å². The second kappa shape index (κ2) is 8.39. The molecule has 0 spiro atoms. The van der Waals surface area contributed by atoms with Gasteiger partial charge in [-0.3, -0.25) is 14.2 Å². The van der Waals surface area contributed by atoms with Crippen LogP contribution in [0.1, 0.15) is 23.0 Å². The Morgan fingerprint density at radius 1 is 1.21 bits per heavy atom. The second-order valence-corrected chi connectivity index (χ2v) is 8.22. The highest BCUT2D eigenvalue weighted by molar-refractivity contribution is 7.90. The lowest BCUT2D eigenvalue weighted by atomic mass is 10.1. The van der Waals surface area contributed by atoms with E-state index in [-0.39, 0.29) is 23.9 Å². The summed E-state index contributed by atoms with van der Waals surface area (Å²) in [5, 5.41) is 2.37. The zero-order valence-corrected chi connectivity index (χ0v) is 16.7. The molecule has 3 heterocycles. The van der Waals surface area contributed by atoms with Gasteiger partial charge in [0.2, 0.25) is 15.0 Å². The van der Waals surface area contributed by atoms with Crippen LogP contribution in [0.3, 0.4) is 0 Å². The van der Waals surface area contributed by atoms with Gasteiger partial charge in [-0.25, -0.2) is 18.2 Å². The van der Waals surface area contributed by atoms with Gasteiger partial charge in [0.05, 0.1) is 12.1 Å². The van der Waals surface area contributed by atoms with E-state index >= 15 is 0 Å². The highest BCUT2D eigenvalue weighted by Gasteiger charge is 2.27. The average Bonchev–Trinajstić information content (AvgIpc) is 3.09. The minimum absolute atomic E-state index is 0.0879. The first-order valence-corrected chi connectivity index (χ1v) is 10.7. The van der Waals surface area contributed by atoms with Crippen molar-refractivity contribution in [1.29, 1.82) is 0 Å². The summed E-state index contributed by atoms with van der Waals surface area (Å²) in [6, 6.07) is 7.37. The molecular weight excluding hydrogens is 396 g/mol. The lowest BCUT2D eigenvalue weighted by molar-refractivity contribution is -0.145. The first kappa shape index (κ1) is 20.5. The van der Waals surface area contributed by atoms with Gasteiger partial charge in [-0.15, -0.1) is 0 Å². The molecule has 10 heteroatoms. The van der Waals surface area contributed by atoms with E-state index < -0.39 is 27.8 Å². The summed E-state index contributed by atoms with van der Waals surface area (Å²) in [5.41, 5.74) is 1.01. The molecular formula is C19H20N4O5S. The SMILES string of the molecule is CCOC(=O)C(Cc1ccncc1)NC(=O)c1nc(S(C)(=O)=O)n2ccccc12. The highest BCUT2D eigenvalue weighted by Crippen LogP contribution is 2.17. The van der Waals surface area contributed by atoms with E-state index in [4.69, 9.17) is 4.74 Å². The predicted molar refractivity (Wildman–Crippen MR) is 104 cm³/mol. The molecule has 0 saturated heterocycles. The number of sulfone groups is 1. The number of imidazole rings is 1. The van der Waals surface area contributed by atoms with E-state index in [0.717, 1.165) is 11.8 Å². The molecule has 1 atom stereocenters. The van der Waals surface area contributed by atoms with Crippen LogP contribution >= 0.6 is 0 Å². The highest BCUT2D eigenvalue weighted by atomic mass is 32.2. The number of nitrogens with zero attached hydrogens (tertiary/aromatic N) is 3. The Kier molecular flexibility index (Phi) is 5.92. The zero-order valence-electron chi connectivity index (χ0n) is 15.9. The number of pyridine rings is 2. The van der Waals surface area contributed by atoms with Gasteiger partial charge in [0.25, 0.3) is 5.91 Å². The van der Waals surface area contributed by atoms with Gasteiger partial charge < -0.3 is 10.1 Å². The Balaban J connectivity index is 1.95. The van der Waals surface area contributed by atoms with Crippen LogP contribution in [0.5, 0.6) is 0 Å². The maximum absolute atomic E-state index is 12.9. The number of rotatable bonds is 7. The standard InChI is InChI=1S/C19H20N4O5S/c1-3-28-18(25)14(12-13-7-9-20-10-8-13)21-17(24)16-15-6-4-5-11-23(15)19(22-16)29(2,26)27/h4-11,14H,3,12H2,1-2H3,(H,21,24). The van der Waals surface area contributed by atoms with Crippen LogP contribution in [0.25, 0.3) is 5.52 Å². The monoisotopic (exact) mass is 416 g/mol. The van der Waals surface area contributed by atoms with Gasteiger partial charge in [0.15, 0.2) is 5.69 Å². The fraction of sp³-hybridized carbons (Fsp3) is 0.263. The van der Waals surface area contributed by atoms with E-state index in [9.17, 15) is 18.0 Å². The first-order chi connectivity index (χ1) is 13.8. The Hall–Kier alpha value is -3.27. The van der Waals surface area contributed by atoms with E-state index in [0.29, 0.717) is 5.52 Å². The molecule has 1 unspecified atom stereocenters. The van der Waals surface area contributed by atoms with Crippen LogP contribution in [0.4, 0.5) is 0 Å². The minimum atomic E-state index is -3.67. The first-order valence-electron chi connectivity index (χ1n) is 8.84. The second-order valence-electron chi connectivity index (χ2n) is 6.31. The molecule has 0 bridgehead atoms. The van der Waals surface area contributed by atoms with Crippen molar-refractivity contribution in [3.05, 3.63) is 60.2 Å². The number of aromatic nitrogens is 3. The van der Waals surface area contributed by atoms with Crippen LogP contribution in [0.15, 0.2) is 54.1 Å². The molecule has 0 fully saturated rings. The maximum Gasteiger partial charge on any atom is 0.328 e. The molecule has 3 rings (SSSR count). The van der Waals surface area contributed by atoms with Crippen molar-refractivity contribution in [1.82, 2.24) is 19.7 Å². The number of fused-ring (bicyclic) bond motifs is 1. The smallest absolute Gasteiger partial charge is 0.328 e. The molecule has 3 aromatic heterocycles. The number of carbonyl (C=O) groups excluding carboxylic acids is 2. The molecule has 0 aromatic carbocycles. The van der Waals surface area contributed by atoms with Crippen LogP contribution in [-0.4, -0.2) is 53.6 Å². The summed E-state index contributed by atoms with van der Waals surface area (Å²) < 4.78 is 30.5. The molecule has 3 aromatic rings. The Labute approximate surface area is 167 Å². The molecule has 0 saturated carbocycles. The van der Waals surface area contributed by atoms with E-state index in [1.165, 1.54) is 10.6 Å². The zero-order chi connectivity index (χ0) is 21.0. The summed E-state index contributed by atoms with van der Waals surface area (Å²) in [7, 11) is -3.67. The summed E-state index contributed by atoms with van der Waals surface area (Å²) >= 11 is 0. The van der Waals surface area contributed by atoms with E-state index in [1.54, 1.807) is 49.6 Å². The van der Waals surface area contributed by atoms with Crippen LogP contribution in [0.2, 0.25) is 0 Å². The van der Waals surface area contributed by atoms with Gasteiger partial charge in [-0.2, -0.15) is 0 Å². The fourth-order valence-corrected chi connectivity index (χ4v) is 3.63. The van der Waals surface area contributed by atoms with Crippen molar-refractivity contribution in [2.45, 2.75) is 24.5 Å². The Morgan fingerprint density at radius 3 is 2.59 bits per heavy atom. The van der Waals surface area contributed by atoms with Crippen molar-refractivity contribution >= 4 is 27.2 Å². The third-order valence-electron chi connectivity index (χ3n) is 4.13. The average molecular weight is 416 g/mol. The van der Waals surface area contributed by atoms with Gasteiger partial charge in [-0.1, -0.05) is 6.07 Å². The molecule has 9 nitrogen and oxygen atoms in total. The van der Waals surface area contributed by atoms with Crippen LogP contribution in [-0.2, 0) is 25.8 Å². The van der Waals surface area contributed by atoms with Crippen LogP contribution in [0, 0.1) is 0 Å². The number of carbonyl (C=O) groups is 2. The Morgan fingerprint density at radius 2 is 1.93 bits per heavy atom. The molecule has 1 N–H and O–H groups in total. The minimum Gasteiger partial charge on any atom is -0.464 e. The van der Waals surface area contributed by atoms with Gasteiger partial charge in [-0.05, 0) is 36.8 Å². The summed E-state index contributed by atoms with van der Waals surface area (Å²) in [4.78, 5) is 33.2. The van der Waals surface area contributed by atoms with Gasteiger partial charge >= 0.3 is 5.97 Å². The van der Waals surface area contributed by atoms with Crippen molar-refractivity contribution in [3.8, 4) is 0 Å². The van der Waals surface area contributed by atoms with Crippen molar-refractivity contribution in [2.24, 2.45) is 0 Å². The van der Waals surface area contributed by atoms with Gasteiger partial charge in [0.1, 0.15) is 6.04 Å². The summed E-state index contributed by atoms with van der Waals surface area (Å²) in [6.07, 6.45) is 5.88. The largest absolute Gasteiger partial charge is 0.464 e. The molecule has 0 aliphatic rings. The Bertz CT molecular complexity index is 1140. The number of esters is 1. The number of nitrogens with one attached hydrogen (secondary N) is 1. The fourth-order valence-electron chi connectivity index (χ4n) is 2.86. The maximum atomic E-state index is 12.9. The molecule has 0 aliphatic heterocycles. The third-order valence-corrected chi connectivity index (χ3v) is 5.08. The lowest BCUT2D eigenvalue weighted by Crippen LogP contribution is -2.43. The van der Waals surface area contributed by atoms with Gasteiger partial charge in [0, 0.05) is 31.3 Å². The van der Waals surface area contributed by atoms with E-state index in [1.807, 2.05) is 0 Å². The molecule has 0 radical (unpaired) electrons. The number of hydrogen-bond donors (Lipinski definition) is 1.